The van der Waals surface area contributed by atoms with Crippen molar-refractivity contribution < 1.29 is 4.79 Å². The van der Waals surface area contributed by atoms with Crippen molar-refractivity contribution in [2.75, 3.05) is 22.9 Å². The van der Waals surface area contributed by atoms with Crippen molar-refractivity contribution in [3.05, 3.63) is 59.7 Å². The fourth-order valence-electron chi connectivity index (χ4n) is 2.61. The molecule has 108 valence electrons. The number of carbonyl (C=O) groups excluding carboxylic acids is 1. The molecule has 0 radical (unpaired) electrons. The normalized spacial score (nSPS) is 14.9. The number of carbonyl (C=O) groups is 1. The van der Waals surface area contributed by atoms with Crippen LogP contribution in [0.15, 0.2) is 48.5 Å². The van der Waals surface area contributed by atoms with Crippen LogP contribution in [-0.2, 0) is 5.88 Å². The van der Waals surface area contributed by atoms with Crippen LogP contribution < -0.4 is 9.80 Å². The Morgan fingerprint density at radius 1 is 1.00 bits per heavy atom. The van der Waals surface area contributed by atoms with Crippen LogP contribution >= 0.6 is 11.6 Å². The number of hydrogen-bond donors (Lipinski definition) is 0. The Morgan fingerprint density at radius 2 is 1.67 bits per heavy atom. The monoisotopic (exact) mass is 300 g/mol. The molecule has 0 aliphatic carbocycles. The number of para-hydroxylation sites is 1. The summed E-state index contributed by atoms with van der Waals surface area (Å²) in [6.45, 7) is 3.41. The van der Waals surface area contributed by atoms with Gasteiger partial charge in [0.25, 0.3) is 0 Å². The second kappa shape index (κ2) is 5.78. The van der Waals surface area contributed by atoms with Crippen LogP contribution in [0, 0.1) is 6.92 Å². The number of anilines is 2. The lowest BCUT2D eigenvalue weighted by molar-refractivity contribution is 0.256. The number of amides is 2. The predicted octanol–water partition coefficient (Wildman–Crippen LogP) is 4.18. The average molecular weight is 301 g/mol. The first-order valence-electron chi connectivity index (χ1n) is 7.00. The van der Waals surface area contributed by atoms with Gasteiger partial charge in [-0.05, 0) is 30.7 Å². The van der Waals surface area contributed by atoms with E-state index in [1.165, 1.54) is 5.56 Å². The van der Waals surface area contributed by atoms with Gasteiger partial charge < -0.3 is 0 Å². The highest BCUT2D eigenvalue weighted by atomic mass is 35.5. The van der Waals surface area contributed by atoms with Crippen molar-refractivity contribution in [2.24, 2.45) is 0 Å². The summed E-state index contributed by atoms with van der Waals surface area (Å²) in [5.74, 6) is 0.407. The van der Waals surface area contributed by atoms with Gasteiger partial charge in [0.15, 0.2) is 0 Å². The summed E-state index contributed by atoms with van der Waals surface area (Å²) >= 11 is 5.98. The smallest absolute Gasteiger partial charge is 0.292 e. The van der Waals surface area contributed by atoms with Gasteiger partial charge in [0.1, 0.15) is 0 Å². The van der Waals surface area contributed by atoms with E-state index in [1.54, 1.807) is 4.90 Å². The van der Waals surface area contributed by atoms with E-state index < -0.39 is 0 Å². The number of benzene rings is 2. The molecule has 1 aliphatic heterocycles. The van der Waals surface area contributed by atoms with Crippen molar-refractivity contribution in [1.82, 2.24) is 0 Å². The van der Waals surface area contributed by atoms with Crippen molar-refractivity contribution in [1.29, 1.82) is 0 Å². The third-order valence-electron chi connectivity index (χ3n) is 3.78. The molecule has 2 aromatic rings. The maximum atomic E-state index is 12.7. The molecular weight excluding hydrogens is 284 g/mol. The highest BCUT2D eigenvalue weighted by Gasteiger charge is 2.31. The van der Waals surface area contributed by atoms with E-state index in [9.17, 15) is 4.79 Å². The van der Waals surface area contributed by atoms with Crippen LogP contribution in [0.3, 0.4) is 0 Å². The standard InChI is InChI=1S/C17H17ClN2O/c1-13-6-8-15(9-7-13)19-10-11-20(17(19)21)16-5-3-2-4-14(16)12-18/h2-9H,10-12H2,1H3. The lowest BCUT2D eigenvalue weighted by atomic mass is 10.2. The minimum atomic E-state index is 0.0106. The number of alkyl halides is 1. The highest BCUT2D eigenvalue weighted by Crippen LogP contribution is 2.28. The zero-order chi connectivity index (χ0) is 14.8. The molecule has 1 heterocycles. The van der Waals surface area contributed by atoms with Crippen molar-refractivity contribution in [3.8, 4) is 0 Å². The van der Waals surface area contributed by atoms with Gasteiger partial charge in [0.05, 0.1) is 0 Å². The second-order valence-electron chi connectivity index (χ2n) is 5.18. The molecule has 2 aromatic carbocycles. The topological polar surface area (TPSA) is 23.6 Å². The average Bonchev–Trinajstić information content (AvgIpc) is 2.89. The molecule has 0 atom stereocenters. The SMILES string of the molecule is Cc1ccc(N2CCN(c3ccccc3CCl)C2=O)cc1. The molecular formula is C17H17ClN2O. The fourth-order valence-corrected chi connectivity index (χ4v) is 2.84. The maximum Gasteiger partial charge on any atom is 0.329 e. The minimum Gasteiger partial charge on any atom is -0.292 e. The van der Waals surface area contributed by atoms with Gasteiger partial charge in [-0.2, -0.15) is 0 Å². The maximum absolute atomic E-state index is 12.7. The first kappa shape index (κ1) is 14.0. The Kier molecular flexibility index (Phi) is 3.84. The first-order valence-corrected chi connectivity index (χ1v) is 7.54. The van der Waals surface area contributed by atoms with E-state index in [2.05, 4.69) is 0 Å². The summed E-state index contributed by atoms with van der Waals surface area (Å²) in [6, 6.07) is 15.8. The van der Waals surface area contributed by atoms with E-state index in [4.69, 9.17) is 11.6 Å². The number of urea groups is 1. The van der Waals surface area contributed by atoms with Gasteiger partial charge in [-0.1, -0.05) is 35.9 Å². The number of halogens is 1. The number of aryl methyl sites for hydroxylation is 1. The number of hydrogen-bond acceptors (Lipinski definition) is 1. The lowest BCUT2D eigenvalue weighted by Gasteiger charge is -2.20. The molecule has 0 saturated carbocycles. The van der Waals surface area contributed by atoms with Gasteiger partial charge in [0, 0.05) is 30.3 Å². The molecule has 0 bridgehead atoms. The lowest BCUT2D eigenvalue weighted by Crippen LogP contribution is -2.32. The van der Waals surface area contributed by atoms with Gasteiger partial charge in [-0.15, -0.1) is 11.6 Å². The largest absolute Gasteiger partial charge is 0.329 e. The van der Waals surface area contributed by atoms with Gasteiger partial charge in [-0.25, -0.2) is 4.79 Å². The Bertz CT molecular complexity index is 654. The second-order valence-corrected chi connectivity index (χ2v) is 5.45. The molecule has 3 nitrogen and oxygen atoms in total. The van der Waals surface area contributed by atoms with E-state index in [0.717, 1.165) is 16.9 Å². The summed E-state index contributed by atoms with van der Waals surface area (Å²) in [5.41, 5.74) is 4.02. The molecule has 21 heavy (non-hydrogen) atoms. The van der Waals surface area contributed by atoms with E-state index >= 15 is 0 Å². The Labute approximate surface area is 129 Å². The predicted molar refractivity (Wildman–Crippen MR) is 87.3 cm³/mol. The molecule has 1 aliphatic rings. The highest BCUT2D eigenvalue weighted by molar-refractivity contribution is 6.18. The van der Waals surface area contributed by atoms with Crippen LogP contribution in [0.1, 0.15) is 11.1 Å². The summed E-state index contributed by atoms with van der Waals surface area (Å²) in [5, 5.41) is 0. The first-order chi connectivity index (χ1) is 10.2. The quantitative estimate of drug-likeness (QED) is 0.780. The van der Waals surface area contributed by atoms with E-state index in [1.807, 2.05) is 60.4 Å². The molecule has 0 aromatic heterocycles. The van der Waals surface area contributed by atoms with E-state index in [-0.39, 0.29) is 6.03 Å². The summed E-state index contributed by atoms with van der Waals surface area (Å²) < 4.78 is 0. The molecule has 3 rings (SSSR count). The van der Waals surface area contributed by atoms with Gasteiger partial charge in [-0.3, -0.25) is 9.80 Å². The molecule has 0 unspecified atom stereocenters. The summed E-state index contributed by atoms with van der Waals surface area (Å²) in [6.07, 6.45) is 0. The molecule has 1 fully saturated rings. The van der Waals surface area contributed by atoms with Crippen molar-refractivity contribution in [2.45, 2.75) is 12.8 Å². The zero-order valence-corrected chi connectivity index (χ0v) is 12.7. The summed E-state index contributed by atoms with van der Waals surface area (Å²) in [4.78, 5) is 16.3. The molecule has 4 heteroatoms. The van der Waals surface area contributed by atoms with Crippen LogP contribution in [-0.4, -0.2) is 19.1 Å². The van der Waals surface area contributed by atoms with Crippen LogP contribution in [0.4, 0.5) is 16.2 Å². The number of rotatable bonds is 3. The fraction of sp³-hybridized carbons (Fsp3) is 0.235. The Balaban J connectivity index is 1.88. The molecule has 2 amide bonds. The van der Waals surface area contributed by atoms with Gasteiger partial charge >= 0.3 is 6.03 Å². The minimum absolute atomic E-state index is 0.0106. The van der Waals surface area contributed by atoms with Gasteiger partial charge in [0.2, 0.25) is 0 Å². The molecule has 0 N–H and O–H groups in total. The third-order valence-corrected chi connectivity index (χ3v) is 4.07. The molecule has 1 saturated heterocycles. The molecule has 0 spiro atoms. The Hall–Kier alpha value is -2.00. The van der Waals surface area contributed by atoms with Crippen LogP contribution in [0.5, 0.6) is 0 Å². The number of nitrogens with zero attached hydrogens (tertiary/aromatic N) is 2. The summed E-state index contributed by atoms with van der Waals surface area (Å²) in [7, 11) is 0. The zero-order valence-electron chi connectivity index (χ0n) is 11.9. The Morgan fingerprint density at radius 3 is 2.38 bits per heavy atom. The van der Waals surface area contributed by atoms with Crippen molar-refractivity contribution >= 4 is 29.0 Å². The van der Waals surface area contributed by atoms with Crippen LogP contribution in [0.25, 0.3) is 0 Å². The third kappa shape index (κ3) is 2.61. The van der Waals surface area contributed by atoms with Crippen LogP contribution in [0.2, 0.25) is 0 Å². The van der Waals surface area contributed by atoms with Crippen molar-refractivity contribution in [3.63, 3.8) is 0 Å². The van der Waals surface area contributed by atoms with E-state index in [0.29, 0.717) is 19.0 Å².